The Balaban J connectivity index is 2.14. The number of aliphatic carboxylic acids is 1. The van der Waals surface area contributed by atoms with Crippen molar-refractivity contribution in [3.05, 3.63) is 34.9 Å². The van der Waals surface area contributed by atoms with Crippen LogP contribution in [0.15, 0.2) is 12.3 Å². The summed E-state index contributed by atoms with van der Waals surface area (Å²) in [6, 6.07) is 0.593. The minimum atomic E-state index is -1.04. The average molecular weight is 305 g/mol. The molecule has 1 atom stereocenters. The van der Waals surface area contributed by atoms with Crippen LogP contribution in [0.4, 0.5) is 0 Å². The molecule has 8 heteroatoms. The van der Waals surface area contributed by atoms with Gasteiger partial charge < -0.3 is 10.4 Å². The summed E-state index contributed by atoms with van der Waals surface area (Å²) in [5.41, 5.74) is 3.00. The van der Waals surface area contributed by atoms with Crippen LogP contribution in [0.25, 0.3) is 0 Å². The SMILES string of the molecule is Cc1nn(C)c(C)c1CNC(=O)c1ccnn1C(C)C(=O)O. The Morgan fingerprint density at radius 1 is 1.41 bits per heavy atom. The minimum Gasteiger partial charge on any atom is -0.480 e. The molecule has 2 aromatic heterocycles. The molecular weight excluding hydrogens is 286 g/mol. The van der Waals surface area contributed by atoms with Gasteiger partial charge in [-0.05, 0) is 26.8 Å². The summed E-state index contributed by atoms with van der Waals surface area (Å²) < 4.78 is 2.95. The molecule has 0 aliphatic carbocycles. The standard InChI is InChI=1S/C14H19N5O3/c1-8-11(9(2)18(4)17-8)7-15-13(20)12-5-6-16-19(12)10(3)14(21)22/h5-6,10H,7H2,1-4H3,(H,15,20)(H,21,22). The molecular formula is C14H19N5O3. The lowest BCUT2D eigenvalue weighted by Crippen LogP contribution is -2.29. The van der Waals surface area contributed by atoms with E-state index in [1.165, 1.54) is 23.9 Å². The second-order valence-electron chi connectivity index (χ2n) is 5.13. The third-order valence-corrected chi connectivity index (χ3v) is 3.71. The van der Waals surface area contributed by atoms with Crippen LogP contribution < -0.4 is 5.32 Å². The first-order valence-electron chi connectivity index (χ1n) is 6.86. The van der Waals surface area contributed by atoms with Crippen LogP contribution in [0.1, 0.15) is 40.4 Å². The van der Waals surface area contributed by atoms with Gasteiger partial charge in [-0.2, -0.15) is 10.2 Å². The van der Waals surface area contributed by atoms with Gasteiger partial charge in [0.1, 0.15) is 11.7 Å². The number of aryl methyl sites for hydroxylation is 2. The van der Waals surface area contributed by atoms with Crippen molar-refractivity contribution < 1.29 is 14.7 Å². The number of carboxylic acid groups (broad SMARTS) is 1. The number of nitrogens with zero attached hydrogens (tertiary/aromatic N) is 4. The zero-order valence-electron chi connectivity index (χ0n) is 13.0. The first kappa shape index (κ1) is 15.7. The van der Waals surface area contributed by atoms with E-state index in [2.05, 4.69) is 15.5 Å². The molecule has 2 heterocycles. The molecule has 0 spiro atoms. The van der Waals surface area contributed by atoms with Crippen LogP contribution in [0.5, 0.6) is 0 Å². The van der Waals surface area contributed by atoms with Gasteiger partial charge in [-0.15, -0.1) is 0 Å². The lowest BCUT2D eigenvalue weighted by Gasteiger charge is -2.11. The predicted molar refractivity (Wildman–Crippen MR) is 78.4 cm³/mol. The molecule has 0 saturated heterocycles. The highest BCUT2D eigenvalue weighted by molar-refractivity contribution is 5.93. The highest BCUT2D eigenvalue weighted by Crippen LogP contribution is 2.13. The number of carbonyl (C=O) groups excluding carboxylic acids is 1. The van der Waals surface area contributed by atoms with Gasteiger partial charge in [-0.3, -0.25) is 9.48 Å². The molecule has 0 aliphatic heterocycles. The third kappa shape index (κ3) is 2.85. The van der Waals surface area contributed by atoms with Gasteiger partial charge in [0.05, 0.1) is 5.69 Å². The van der Waals surface area contributed by atoms with Crippen LogP contribution in [-0.4, -0.2) is 36.5 Å². The quantitative estimate of drug-likeness (QED) is 0.851. The topological polar surface area (TPSA) is 102 Å². The molecule has 118 valence electrons. The lowest BCUT2D eigenvalue weighted by molar-refractivity contribution is -0.140. The second kappa shape index (κ2) is 6.00. The summed E-state index contributed by atoms with van der Waals surface area (Å²) in [5, 5.41) is 20.0. The number of hydrogen-bond donors (Lipinski definition) is 2. The van der Waals surface area contributed by atoms with Crippen LogP contribution in [0.2, 0.25) is 0 Å². The third-order valence-electron chi connectivity index (χ3n) is 3.71. The number of carbonyl (C=O) groups is 2. The van der Waals surface area contributed by atoms with Crippen molar-refractivity contribution in [2.45, 2.75) is 33.4 Å². The van der Waals surface area contributed by atoms with Crippen molar-refractivity contribution in [3.63, 3.8) is 0 Å². The van der Waals surface area contributed by atoms with Crippen molar-refractivity contribution >= 4 is 11.9 Å². The largest absolute Gasteiger partial charge is 0.480 e. The van der Waals surface area contributed by atoms with Gasteiger partial charge in [0.25, 0.3) is 5.91 Å². The van der Waals surface area contributed by atoms with E-state index < -0.39 is 12.0 Å². The summed E-state index contributed by atoms with van der Waals surface area (Å²) in [7, 11) is 1.84. The van der Waals surface area contributed by atoms with E-state index >= 15 is 0 Å². The number of hydrogen-bond acceptors (Lipinski definition) is 4. The van der Waals surface area contributed by atoms with E-state index in [1.807, 2.05) is 20.9 Å². The number of aromatic nitrogens is 4. The maximum atomic E-state index is 12.3. The van der Waals surface area contributed by atoms with Crippen LogP contribution in [-0.2, 0) is 18.4 Å². The normalized spacial score (nSPS) is 12.2. The van der Waals surface area contributed by atoms with Gasteiger partial charge in [-0.1, -0.05) is 0 Å². The second-order valence-corrected chi connectivity index (χ2v) is 5.13. The molecule has 2 rings (SSSR count). The lowest BCUT2D eigenvalue weighted by atomic mass is 10.2. The van der Waals surface area contributed by atoms with Crippen LogP contribution in [0, 0.1) is 13.8 Å². The molecule has 8 nitrogen and oxygen atoms in total. The first-order valence-corrected chi connectivity index (χ1v) is 6.86. The molecule has 0 radical (unpaired) electrons. The molecule has 0 saturated carbocycles. The summed E-state index contributed by atoms with van der Waals surface area (Å²) in [4.78, 5) is 23.3. The number of carboxylic acids is 1. The Kier molecular flexibility index (Phi) is 4.30. The van der Waals surface area contributed by atoms with Crippen molar-refractivity contribution in [2.24, 2.45) is 7.05 Å². The zero-order chi connectivity index (χ0) is 16.4. The van der Waals surface area contributed by atoms with E-state index in [1.54, 1.807) is 4.68 Å². The molecule has 0 aliphatic rings. The Hall–Kier alpha value is -2.64. The molecule has 2 aromatic rings. The fourth-order valence-corrected chi connectivity index (χ4v) is 2.24. The Morgan fingerprint density at radius 2 is 2.09 bits per heavy atom. The first-order chi connectivity index (χ1) is 10.3. The number of nitrogens with one attached hydrogen (secondary N) is 1. The summed E-state index contributed by atoms with van der Waals surface area (Å²) in [6.07, 6.45) is 1.41. The summed E-state index contributed by atoms with van der Waals surface area (Å²) >= 11 is 0. The molecule has 0 fully saturated rings. The minimum absolute atomic E-state index is 0.217. The molecule has 22 heavy (non-hydrogen) atoms. The van der Waals surface area contributed by atoms with Crippen LogP contribution >= 0.6 is 0 Å². The van der Waals surface area contributed by atoms with Gasteiger partial charge in [-0.25, -0.2) is 9.48 Å². The summed E-state index contributed by atoms with van der Waals surface area (Å²) in [6.45, 7) is 5.61. The van der Waals surface area contributed by atoms with Crippen molar-refractivity contribution in [2.75, 3.05) is 0 Å². The molecule has 0 aromatic carbocycles. The highest BCUT2D eigenvalue weighted by Gasteiger charge is 2.21. The van der Waals surface area contributed by atoms with E-state index in [-0.39, 0.29) is 11.6 Å². The van der Waals surface area contributed by atoms with E-state index in [0.29, 0.717) is 6.54 Å². The maximum Gasteiger partial charge on any atom is 0.328 e. The number of amides is 1. The fraction of sp³-hybridized carbons (Fsp3) is 0.429. The van der Waals surface area contributed by atoms with Crippen molar-refractivity contribution in [1.82, 2.24) is 24.9 Å². The predicted octanol–water partition coefficient (Wildman–Crippen LogP) is 0.809. The summed E-state index contributed by atoms with van der Waals surface area (Å²) in [5.74, 6) is -1.41. The zero-order valence-corrected chi connectivity index (χ0v) is 13.0. The van der Waals surface area contributed by atoms with Crippen LogP contribution in [0.3, 0.4) is 0 Å². The van der Waals surface area contributed by atoms with Gasteiger partial charge >= 0.3 is 5.97 Å². The Labute approximate surface area is 127 Å². The van der Waals surface area contributed by atoms with E-state index in [0.717, 1.165) is 17.0 Å². The Morgan fingerprint density at radius 3 is 2.64 bits per heavy atom. The molecule has 2 N–H and O–H groups in total. The fourth-order valence-electron chi connectivity index (χ4n) is 2.24. The Bertz CT molecular complexity index is 716. The van der Waals surface area contributed by atoms with Gasteiger partial charge in [0, 0.05) is 31.0 Å². The number of rotatable bonds is 5. The maximum absolute atomic E-state index is 12.3. The molecule has 1 amide bonds. The smallest absolute Gasteiger partial charge is 0.328 e. The van der Waals surface area contributed by atoms with Crippen molar-refractivity contribution in [3.8, 4) is 0 Å². The van der Waals surface area contributed by atoms with E-state index in [4.69, 9.17) is 5.11 Å². The van der Waals surface area contributed by atoms with E-state index in [9.17, 15) is 9.59 Å². The highest BCUT2D eigenvalue weighted by atomic mass is 16.4. The molecule has 1 unspecified atom stereocenters. The van der Waals surface area contributed by atoms with Gasteiger partial charge in [0.15, 0.2) is 0 Å². The van der Waals surface area contributed by atoms with Gasteiger partial charge in [0.2, 0.25) is 0 Å². The van der Waals surface area contributed by atoms with Crippen molar-refractivity contribution in [1.29, 1.82) is 0 Å². The average Bonchev–Trinajstić information content (AvgIpc) is 3.02. The monoisotopic (exact) mass is 305 g/mol. The molecule has 0 bridgehead atoms.